The molecule has 0 unspecified atom stereocenters. The number of hydrogen-bond acceptors (Lipinski definition) is 1. The topological polar surface area (TPSA) is 26.0 Å². The second kappa shape index (κ2) is 2.33. The van der Waals surface area contributed by atoms with Gasteiger partial charge < -0.3 is 5.73 Å². The maximum atomic E-state index is 12.4. The van der Waals surface area contributed by atoms with Gasteiger partial charge in [-0.1, -0.05) is 0 Å². The maximum Gasteiger partial charge on any atom is 0.310 e. The van der Waals surface area contributed by atoms with E-state index in [2.05, 4.69) is 0 Å². The van der Waals surface area contributed by atoms with Crippen LogP contribution in [-0.4, -0.2) is 18.4 Å². The van der Waals surface area contributed by atoms with E-state index >= 15 is 0 Å². The van der Waals surface area contributed by atoms with Crippen LogP contribution in [0.5, 0.6) is 0 Å². The lowest BCUT2D eigenvalue weighted by molar-refractivity contribution is -0.185. The van der Waals surface area contributed by atoms with Crippen molar-refractivity contribution in [1.82, 2.24) is 0 Å². The molecule has 0 aromatic heterocycles. The molecule has 2 N–H and O–H groups in total. The van der Waals surface area contributed by atoms with E-state index in [1.165, 1.54) is 0 Å². The fourth-order valence-corrected chi connectivity index (χ4v) is 1.26. The van der Waals surface area contributed by atoms with Crippen LogP contribution >= 0.6 is 0 Å². The van der Waals surface area contributed by atoms with Crippen molar-refractivity contribution in [3.05, 3.63) is 0 Å². The van der Waals surface area contributed by atoms with Crippen molar-refractivity contribution in [2.75, 3.05) is 6.54 Å². The molecular weight excluding hydrogens is 162 g/mol. The van der Waals surface area contributed by atoms with Crippen LogP contribution in [0.2, 0.25) is 0 Å². The molecule has 0 aromatic rings. The third kappa shape index (κ3) is 1.34. The van der Waals surface area contributed by atoms with Gasteiger partial charge in [-0.15, -0.1) is 0 Å². The summed E-state index contributed by atoms with van der Waals surface area (Å²) in [6.45, 7) is -0.0921. The normalized spacial score (nSPS) is 29.2. The van der Waals surface area contributed by atoms with E-state index in [9.17, 15) is 17.6 Å². The average Bonchev–Trinajstić information content (AvgIpc) is 2.03. The standard InChI is InChI=1S/C6H9F4N/c7-5(8)1-4(3-11)2-6(5,9)10/h4H,1-3,11H2. The lowest BCUT2D eigenvalue weighted by atomic mass is 10.1. The molecule has 0 bridgehead atoms. The van der Waals surface area contributed by atoms with Crippen molar-refractivity contribution in [2.24, 2.45) is 11.7 Å². The Morgan fingerprint density at radius 3 is 1.64 bits per heavy atom. The largest absolute Gasteiger partial charge is 0.330 e. The average molecular weight is 171 g/mol. The molecule has 1 rings (SSSR count). The van der Waals surface area contributed by atoms with Crippen LogP contribution in [0.3, 0.4) is 0 Å². The fraction of sp³-hybridized carbons (Fsp3) is 1.00. The van der Waals surface area contributed by atoms with Crippen LogP contribution in [0, 0.1) is 5.92 Å². The van der Waals surface area contributed by atoms with Crippen LogP contribution in [-0.2, 0) is 0 Å². The van der Waals surface area contributed by atoms with Gasteiger partial charge in [0.1, 0.15) is 0 Å². The van der Waals surface area contributed by atoms with Gasteiger partial charge in [0.2, 0.25) is 0 Å². The highest BCUT2D eigenvalue weighted by atomic mass is 19.3. The summed E-state index contributed by atoms with van der Waals surface area (Å²) < 4.78 is 49.4. The van der Waals surface area contributed by atoms with Gasteiger partial charge in [0.05, 0.1) is 0 Å². The molecule has 1 aliphatic carbocycles. The molecule has 66 valence electrons. The Morgan fingerprint density at radius 1 is 1.09 bits per heavy atom. The Kier molecular flexibility index (Phi) is 1.86. The van der Waals surface area contributed by atoms with Gasteiger partial charge in [-0.2, -0.15) is 17.6 Å². The zero-order valence-electron chi connectivity index (χ0n) is 5.79. The van der Waals surface area contributed by atoms with Crippen molar-refractivity contribution in [1.29, 1.82) is 0 Å². The van der Waals surface area contributed by atoms with E-state index in [0.717, 1.165) is 0 Å². The molecule has 0 aromatic carbocycles. The van der Waals surface area contributed by atoms with Crippen molar-refractivity contribution < 1.29 is 17.6 Å². The molecule has 0 radical (unpaired) electrons. The molecule has 1 saturated carbocycles. The van der Waals surface area contributed by atoms with E-state index in [1.54, 1.807) is 0 Å². The predicted molar refractivity (Wildman–Crippen MR) is 31.7 cm³/mol. The summed E-state index contributed by atoms with van der Waals surface area (Å²) in [6.07, 6.45) is -1.56. The maximum absolute atomic E-state index is 12.4. The molecule has 0 heterocycles. The zero-order chi connectivity index (χ0) is 8.70. The lowest BCUT2D eigenvalue weighted by Crippen LogP contribution is -2.33. The van der Waals surface area contributed by atoms with Crippen molar-refractivity contribution in [2.45, 2.75) is 24.7 Å². The van der Waals surface area contributed by atoms with E-state index in [4.69, 9.17) is 5.73 Å². The summed E-state index contributed by atoms with van der Waals surface area (Å²) in [5, 5.41) is 0. The minimum atomic E-state index is -3.85. The van der Waals surface area contributed by atoms with Crippen LogP contribution in [0.1, 0.15) is 12.8 Å². The van der Waals surface area contributed by atoms with Gasteiger partial charge in [-0.05, 0) is 12.5 Å². The van der Waals surface area contributed by atoms with Gasteiger partial charge in [0.25, 0.3) is 0 Å². The second-order valence-electron chi connectivity index (χ2n) is 2.92. The monoisotopic (exact) mass is 171 g/mol. The molecule has 1 aliphatic rings. The van der Waals surface area contributed by atoms with Gasteiger partial charge >= 0.3 is 11.8 Å². The summed E-state index contributed by atoms with van der Waals surface area (Å²) in [4.78, 5) is 0. The molecule has 0 atom stereocenters. The summed E-state index contributed by atoms with van der Waals surface area (Å²) in [5.41, 5.74) is 5.01. The molecule has 1 nitrogen and oxygen atoms in total. The Hall–Kier alpha value is -0.320. The third-order valence-electron chi connectivity index (χ3n) is 1.96. The van der Waals surface area contributed by atoms with Crippen molar-refractivity contribution in [3.63, 3.8) is 0 Å². The molecule has 0 saturated heterocycles. The third-order valence-corrected chi connectivity index (χ3v) is 1.96. The number of hydrogen-bond donors (Lipinski definition) is 1. The Balaban J connectivity index is 2.72. The van der Waals surface area contributed by atoms with E-state index in [0.29, 0.717) is 0 Å². The van der Waals surface area contributed by atoms with Crippen LogP contribution in [0.4, 0.5) is 17.6 Å². The van der Waals surface area contributed by atoms with Gasteiger partial charge in [-0.3, -0.25) is 0 Å². The first kappa shape index (κ1) is 8.77. The van der Waals surface area contributed by atoms with E-state index in [-0.39, 0.29) is 6.54 Å². The molecule has 11 heavy (non-hydrogen) atoms. The Bertz CT molecular complexity index is 141. The fourth-order valence-electron chi connectivity index (χ4n) is 1.26. The van der Waals surface area contributed by atoms with Crippen LogP contribution in [0.25, 0.3) is 0 Å². The zero-order valence-corrected chi connectivity index (χ0v) is 5.79. The van der Waals surface area contributed by atoms with Gasteiger partial charge in [0.15, 0.2) is 0 Å². The van der Waals surface area contributed by atoms with Gasteiger partial charge in [-0.25, -0.2) is 0 Å². The molecule has 1 fully saturated rings. The number of alkyl halides is 4. The molecule has 0 amide bonds. The first-order valence-corrected chi connectivity index (χ1v) is 3.35. The highest BCUT2D eigenvalue weighted by Crippen LogP contribution is 2.49. The Morgan fingerprint density at radius 2 is 1.45 bits per heavy atom. The first-order valence-electron chi connectivity index (χ1n) is 3.35. The number of nitrogens with two attached hydrogens (primary N) is 1. The van der Waals surface area contributed by atoms with Crippen LogP contribution in [0.15, 0.2) is 0 Å². The lowest BCUT2D eigenvalue weighted by Gasteiger charge is -2.16. The quantitative estimate of drug-likeness (QED) is 0.596. The van der Waals surface area contributed by atoms with Crippen LogP contribution < -0.4 is 5.73 Å². The van der Waals surface area contributed by atoms with E-state index < -0.39 is 30.6 Å². The van der Waals surface area contributed by atoms with Crippen molar-refractivity contribution in [3.8, 4) is 0 Å². The van der Waals surface area contributed by atoms with E-state index in [1.807, 2.05) is 0 Å². The van der Waals surface area contributed by atoms with Gasteiger partial charge in [0, 0.05) is 12.8 Å². The summed E-state index contributed by atoms with van der Waals surface area (Å²) in [6, 6.07) is 0. The summed E-state index contributed by atoms with van der Waals surface area (Å²) >= 11 is 0. The summed E-state index contributed by atoms with van der Waals surface area (Å²) in [7, 11) is 0. The minimum Gasteiger partial charge on any atom is -0.330 e. The molecule has 5 heteroatoms. The number of halogens is 4. The minimum absolute atomic E-state index is 0.0921. The molecule has 0 spiro atoms. The molecular formula is C6H9F4N. The molecule has 0 aliphatic heterocycles. The number of rotatable bonds is 1. The SMILES string of the molecule is NCC1CC(F)(F)C(F)(F)C1. The highest BCUT2D eigenvalue weighted by Gasteiger charge is 2.62. The highest BCUT2D eigenvalue weighted by molar-refractivity contribution is 4.95. The second-order valence-corrected chi connectivity index (χ2v) is 2.92. The smallest absolute Gasteiger partial charge is 0.310 e. The Labute approximate surface area is 61.6 Å². The van der Waals surface area contributed by atoms with Crippen molar-refractivity contribution >= 4 is 0 Å². The first-order chi connectivity index (χ1) is 4.89. The predicted octanol–water partition coefficient (Wildman–Crippen LogP) is 1.63. The summed E-state index contributed by atoms with van der Waals surface area (Å²) in [5.74, 6) is -8.44.